The number of aromatic nitrogens is 1. The highest BCUT2D eigenvalue weighted by Gasteiger charge is 2.16. The molecule has 4 heteroatoms. The van der Waals surface area contributed by atoms with E-state index in [1.807, 2.05) is 5.38 Å². The molecule has 2 rings (SSSR count). The molecule has 1 aliphatic rings. The number of ether oxygens (including phenoxy) is 1. The Balaban J connectivity index is 1.65. The Hall–Kier alpha value is -0.450. The molecule has 2 heterocycles. The summed E-state index contributed by atoms with van der Waals surface area (Å²) in [6.45, 7) is 0.916. The maximum Gasteiger partial charge on any atom is 0.121 e. The third kappa shape index (κ3) is 3.26. The van der Waals surface area contributed by atoms with Crippen LogP contribution in [0.5, 0.6) is 0 Å². The van der Waals surface area contributed by atoms with E-state index in [1.54, 1.807) is 6.20 Å². The summed E-state index contributed by atoms with van der Waals surface area (Å²) in [6, 6.07) is 0. The standard InChI is InChI=1S/C11H17NO2S/c13-10(11-12-6-8-15-11)5-1-3-9-4-2-7-14-9/h6,8-10,13H,1-5,7H2. The van der Waals surface area contributed by atoms with Gasteiger partial charge in [0, 0.05) is 18.2 Å². The molecule has 1 fully saturated rings. The van der Waals surface area contributed by atoms with Crippen LogP contribution in [0.4, 0.5) is 0 Å². The first-order valence-electron chi connectivity index (χ1n) is 5.55. The van der Waals surface area contributed by atoms with Crippen LogP contribution < -0.4 is 0 Å². The maximum absolute atomic E-state index is 9.79. The zero-order chi connectivity index (χ0) is 10.5. The smallest absolute Gasteiger partial charge is 0.121 e. The summed E-state index contributed by atoms with van der Waals surface area (Å²) >= 11 is 1.52. The van der Waals surface area contributed by atoms with Crippen molar-refractivity contribution in [2.75, 3.05) is 6.61 Å². The number of rotatable bonds is 5. The van der Waals surface area contributed by atoms with E-state index >= 15 is 0 Å². The molecule has 0 bridgehead atoms. The summed E-state index contributed by atoms with van der Waals surface area (Å²) in [5, 5.41) is 12.5. The predicted molar refractivity (Wildman–Crippen MR) is 59.9 cm³/mol. The number of thiazole rings is 1. The van der Waals surface area contributed by atoms with Gasteiger partial charge in [-0.25, -0.2) is 4.98 Å². The second kappa shape index (κ2) is 5.58. The van der Waals surface area contributed by atoms with Gasteiger partial charge < -0.3 is 9.84 Å². The Kier molecular flexibility index (Phi) is 4.11. The summed E-state index contributed by atoms with van der Waals surface area (Å²) in [7, 11) is 0. The van der Waals surface area contributed by atoms with Crippen LogP contribution in [-0.4, -0.2) is 22.8 Å². The molecule has 15 heavy (non-hydrogen) atoms. The average molecular weight is 227 g/mol. The summed E-state index contributed by atoms with van der Waals surface area (Å²) < 4.78 is 5.53. The van der Waals surface area contributed by atoms with Crippen molar-refractivity contribution in [1.29, 1.82) is 0 Å². The second-order valence-corrected chi connectivity index (χ2v) is 4.88. The van der Waals surface area contributed by atoms with E-state index in [9.17, 15) is 5.11 Å². The molecule has 1 aliphatic heterocycles. The third-order valence-corrected chi connectivity index (χ3v) is 3.64. The van der Waals surface area contributed by atoms with Gasteiger partial charge in [-0.15, -0.1) is 11.3 Å². The quantitative estimate of drug-likeness (QED) is 0.840. The Labute approximate surface area is 94.1 Å². The zero-order valence-corrected chi connectivity index (χ0v) is 9.58. The van der Waals surface area contributed by atoms with Gasteiger partial charge in [-0.05, 0) is 32.1 Å². The Morgan fingerprint density at radius 1 is 1.67 bits per heavy atom. The van der Waals surface area contributed by atoms with Gasteiger partial charge in [-0.2, -0.15) is 0 Å². The molecule has 1 N–H and O–H groups in total. The summed E-state index contributed by atoms with van der Waals surface area (Å²) in [5.41, 5.74) is 0. The zero-order valence-electron chi connectivity index (χ0n) is 8.76. The van der Waals surface area contributed by atoms with Crippen molar-refractivity contribution < 1.29 is 9.84 Å². The molecule has 84 valence electrons. The van der Waals surface area contributed by atoms with Crippen molar-refractivity contribution in [3.8, 4) is 0 Å². The van der Waals surface area contributed by atoms with Gasteiger partial charge in [0.1, 0.15) is 11.1 Å². The van der Waals surface area contributed by atoms with Crippen LogP contribution >= 0.6 is 11.3 Å². The lowest BCUT2D eigenvalue weighted by atomic mass is 10.1. The fourth-order valence-electron chi connectivity index (χ4n) is 1.93. The third-order valence-electron chi connectivity index (χ3n) is 2.76. The van der Waals surface area contributed by atoms with E-state index < -0.39 is 0 Å². The van der Waals surface area contributed by atoms with Crippen LogP contribution in [0.15, 0.2) is 11.6 Å². The van der Waals surface area contributed by atoms with Crippen molar-refractivity contribution in [2.45, 2.75) is 44.3 Å². The monoisotopic (exact) mass is 227 g/mol. The molecule has 0 saturated carbocycles. The molecule has 0 aromatic carbocycles. The van der Waals surface area contributed by atoms with Gasteiger partial charge in [0.2, 0.25) is 0 Å². The first-order valence-corrected chi connectivity index (χ1v) is 6.43. The number of aliphatic hydroxyl groups excluding tert-OH is 1. The minimum Gasteiger partial charge on any atom is -0.386 e. The van der Waals surface area contributed by atoms with Crippen molar-refractivity contribution in [2.24, 2.45) is 0 Å². The normalized spacial score (nSPS) is 23.1. The SMILES string of the molecule is OC(CCCC1CCCO1)c1nccs1. The molecule has 0 amide bonds. The van der Waals surface area contributed by atoms with E-state index in [0.717, 1.165) is 30.9 Å². The van der Waals surface area contributed by atoms with Gasteiger partial charge in [-0.1, -0.05) is 0 Å². The predicted octanol–water partition coefficient (Wildman–Crippen LogP) is 2.53. The fraction of sp³-hybridized carbons (Fsp3) is 0.727. The van der Waals surface area contributed by atoms with Crippen molar-refractivity contribution in [1.82, 2.24) is 4.98 Å². The van der Waals surface area contributed by atoms with Gasteiger partial charge in [-0.3, -0.25) is 0 Å². The molecule has 0 aliphatic carbocycles. The lowest BCUT2D eigenvalue weighted by molar-refractivity contribution is 0.0944. The first-order chi connectivity index (χ1) is 7.36. The largest absolute Gasteiger partial charge is 0.386 e. The van der Waals surface area contributed by atoms with Crippen LogP contribution in [-0.2, 0) is 4.74 Å². The lowest BCUT2D eigenvalue weighted by Crippen LogP contribution is -2.05. The highest BCUT2D eigenvalue weighted by atomic mass is 32.1. The van der Waals surface area contributed by atoms with Gasteiger partial charge in [0.25, 0.3) is 0 Å². The van der Waals surface area contributed by atoms with Gasteiger partial charge >= 0.3 is 0 Å². The molecular formula is C11H17NO2S. The topological polar surface area (TPSA) is 42.4 Å². The molecule has 3 nitrogen and oxygen atoms in total. The van der Waals surface area contributed by atoms with Crippen molar-refractivity contribution in [3.05, 3.63) is 16.6 Å². The van der Waals surface area contributed by atoms with Crippen LogP contribution in [0.3, 0.4) is 0 Å². The molecule has 1 aromatic heterocycles. The number of hydrogen-bond donors (Lipinski definition) is 1. The van der Waals surface area contributed by atoms with Gasteiger partial charge in [0.15, 0.2) is 0 Å². The minimum absolute atomic E-state index is 0.383. The van der Waals surface area contributed by atoms with Crippen molar-refractivity contribution in [3.63, 3.8) is 0 Å². The van der Waals surface area contributed by atoms with Gasteiger partial charge in [0.05, 0.1) is 6.10 Å². The highest BCUT2D eigenvalue weighted by molar-refractivity contribution is 7.09. The fourth-order valence-corrected chi connectivity index (χ4v) is 2.59. The van der Waals surface area contributed by atoms with Crippen molar-refractivity contribution >= 4 is 11.3 Å². The number of aliphatic hydroxyl groups is 1. The average Bonchev–Trinajstić information content (AvgIpc) is 2.90. The van der Waals surface area contributed by atoms with E-state index in [4.69, 9.17) is 4.74 Å². The number of nitrogens with zero attached hydrogens (tertiary/aromatic N) is 1. The Bertz CT molecular complexity index is 270. The maximum atomic E-state index is 9.79. The van der Waals surface area contributed by atoms with Crippen LogP contribution in [0.25, 0.3) is 0 Å². The van der Waals surface area contributed by atoms with E-state index in [2.05, 4.69) is 4.98 Å². The van der Waals surface area contributed by atoms with E-state index in [0.29, 0.717) is 6.10 Å². The molecular weight excluding hydrogens is 210 g/mol. The molecule has 2 atom stereocenters. The highest BCUT2D eigenvalue weighted by Crippen LogP contribution is 2.23. The summed E-state index contributed by atoms with van der Waals surface area (Å²) in [5.74, 6) is 0. The van der Waals surface area contributed by atoms with Crippen LogP contribution in [0, 0.1) is 0 Å². The molecule has 0 radical (unpaired) electrons. The molecule has 0 spiro atoms. The Morgan fingerprint density at radius 3 is 3.27 bits per heavy atom. The van der Waals surface area contributed by atoms with E-state index in [1.165, 1.54) is 24.2 Å². The summed E-state index contributed by atoms with van der Waals surface area (Å²) in [6.07, 6.45) is 7.07. The molecule has 1 saturated heterocycles. The van der Waals surface area contributed by atoms with E-state index in [-0.39, 0.29) is 6.10 Å². The van der Waals surface area contributed by atoms with Crippen LogP contribution in [0.1, 0.15) is 43.2 Å². The first kappa shape index (κ1) is 11.0. The molecule has 2 unspecified atom stereocenters. The second-order valence-electron chi connectivity index (χ2n) is 3.95. The minimum atomic E-state index is -0.383. The lowest BCUT2D eigenvalue weighted by Gasteiger charge is -2.10. The number of hydrogen-bond acceptors (Lipinski definition) is 4. The Morgan fingerprint density at radius 2 is 2.60 bits per heavy atom. The molecule has 1 aromatic rings. The van der Waals surface area contributed by atoms with Crippen LogP contribution in [0.2, 0.25) is 0 Å². The summed E-state index contributed by atoms with van der Waals surface area (Å²) in [4.78, 5) is 4.10.